The smallest absolute Gasteiger partial charge is 0.294 e. The van der Waals surface area contributed by atoms with Crippen molar-refractivity contribution >= 4 is 64.1 Å². The molecule has 0 spiro atoms. The zero-order valence-corrected chi connectivity index (χ0v) is 35.8. The number of hydrogen-bond donors (Lipinski definition) is 4. The quantitative estimate of drug-likeness (QED) is 0.0797. The number of furan rings is 1. The van der Waals surface area contributed by atoms with Crippen LogP contribution in [-0.4, -0.2) is 62.7 Å². The second kappa shape index (κ2) is 20.9. The van der Waals surface area contributed by atoms with E-state index in [-0.39, 0.29) is 28.0 Å². The molecule has 0 aliphatic rings. The van der Waals surface area contributed by atoms with Gasteiger partial charge in [0.2, 0.25) is 0 Å². The van der Waals surface area contributed by atoms with Crippen LogP contribution in [0.25, 0.3) is 22.2 Å². The lowest BCUT2D eigenvalue weighted by Gasteiger charge is -2.12. The average molecular weight is 933 g/mol. The molecule has 2 aromatic heterocycles. The van der Waals surface area contributed by atoms with Gasteiger partial charge in [0.05, 0.1) is 32.6 Å². The van der Waals surface area contributed by atoms with Gasteiger partial charge in [-0.3, -0.25) is 9.11 Å². The molecule has 0 saturated heterocycles. The maximum absolute atomic E-state index is 13.5. The van der Waals surface area contributed by atoms with Gasteiger partial charge in [-0.1, -0.05) is 59.1 Å². The topological polar surface area (TPSA) is 215 Å². The van der Waals surface area contributed by atoms with Crippen LogP contribution in [0.4, 0.5) is 15.9 Å². The molecule has 0 saturated carbocycles. The van der Waals surface area contributed by atoms with Crippen molar-refractivity contribution in [1.82, 2.24) is 15.3 Å². The number of halogens is 2. The first-order valence-corrected chi connectivity index (χ1v) is 22.6. The highest BCUT2D eigenvalue weighted by Gasteiger charge is 2.12. The van der Waals surface area contributed by atoms with Gasteiger partial charge in [-0.05, 0) is 104 Å². The molecule has 0 fully saturated rings. The van der Waals surface area contributed by atoms with Gasteiger partial charge >= 0.3 is 0 Å². The van der Waals surface area contributed by atoms with E-state index in [2.05, 4.69) is 20.6 Å². The predicted molar refractivity (Wildman–Crippen MR) is 236 cm³/mol. The van der Waals surface area contributed by atoms with Gasteiger partial charge in [0.25, 0.3) is 20.2 Å². The zero-order chi connectivity index (χ0) is 51.2. The molecule has 0 radical (unpaired) electrons. The molecule has 0 aliphatic heterocycles. The number of hydrogen-bond acceptors (Lipinski definition) is 12. The number of nitrogens with one attached hydrogen (secondary N) is 2. The summed E-state index contributed by atoms with van der Waals surface area (Å²) >= 11 is 6.45. The summed E-state index contributed by atoms with van der Waals surface area (Å²) in [5.41, 5.74) is 0.574. The largest absolute Gasteiger partial charge is 0.487 e. The molecule has 4 N–H and O–H groups in total. The third kappa shape index (κ3) is 14.7. The van der Waals surface area contributed by atoms with E-state index in [1.807, 2.05) is 13.8 Å². The number of aryl methyl sites for hydroxylation is 2. The molecule has 2 heterocycles. The average Bonchev–Trinajstić information content (AvgIpc) is 3.74. The second-order valence-corrected chi connectivity index (χ2v) is 17.5. The van der Waals surface area contributed by atoms with Crippen molar-refractivity contribution in [2.75, 3.05) is 23.7 Å². The van der Waals surface area contributed by atoms with E-state index in [0.29, 0.717) is 50.1 Å². The van der Waals surface area contributed by atoms with Crippen molar-refractivity contribution in [2.45, 2.75) is 36.8 Å². The van der Waals surface area contributed by atoms with Crippen LogP contribution in [0, 0.1) is 19.7 Å². The maximum atomic E-state index is 13.5. The van der Waals surface area contributed by atoms with Crippen molar-refractivity contribution in [3.63, 3.8) is 0 Å². The molecule has 62 heavy (non-hydrogen) atoms. The number of fused-ring (bicyclic) bond motifs is 1. The van der Waals surface area contributed by atoms with Crippen molar-refractivity contribution in [3.8, 4) is 17.1 Å². The summed E-state index contributed by atoms with van der Waals surface area (Å²) in [6, 6.07) is 31.4. The Bertz CT molecular complexity index is 3200. The first kappa shape index (κ1) is 38.0. The molecule has 0 bridgehead atoms. The normalized spacial score (nSPS) is 13.9. The highest BCUT2D eigenvalue weighted by Crippen LogP contribution is 2.33. The maximum Gasteiger partial charge on any atom is 0.294 e. The summed E-state index contributed by atoms with van der Waals surface area (Å²) in [6.45, 7) is 0.0857. The second-order valence-electron chi connectivity index (χ2n) is 13.1. The Morgan fingerprint density at radius 2 is 1.47 bits per heavy atom. The number of nitrogens with zero attached hydrogens (tertiary/aromatic N) is 2. The van der Waals surface area contributed by atoms with Gasteiger partial charge in [0.15, 0.2) is 0 Å². The van der Waals surface area contributed by atoms with Crippen molar-refractivity contribution < 1.29 is 57.5 Å². The standard InChI is InChI=1S/C29H26ClFN4O4S.2C7H8O3S/c1-40(36,37)12-11-32-16-23-7-10-27(39-23)20-5-8-26-24(14-20)29(34-18-33-26)35-22-6-9-28(25(30)15-22)38-17-19-3-2-4-21(31)13-19;2*1-6-2-4-7(5-3-6)11(8,9)10/h2-10,13-15,18,32H,11-12,16-17H2,1H3,(H,33,34,35);2*2-5H,1H3,(H,8,9,10)/i1D3,11D2,12D2;;. The number of anilines is 2. The molecule has 7 rings (SSSR count). The molecule has 326 valence electrons. The van der Waals surface area contributed by atoms with E-state index >= 15 is 0 Å². The van der Waals surface area contributed by atoms with Crippen molar-refractivity contribution in [1.29, 1.82) is 0 Å². The van der Waals surface area contributed by atoms with E-state index in [1.165, 1.54) is 48.8 Å². The Morgan fingerprint density at radius 3 is 2.06 bits per heavy atom. The van der Waals surface area contributed by atoms with Crippen LogP contribution < -0.4 is 15.4 Å². The van der Waals surface area contributed by atoms with Crippen LogP contribution in [0.1, 0.15) is 32.0 Å². The summed E-state index contributed by atoms with van der Waals surface area (Å²) in [5, 5.41) is 6.26. The van der Waals surface area contributed by atoms with Gasteiger partial charge in [-0.15, -0.1) is 0 Å². The Hall–Kier alpha value is -5.73. The minimum absolute atomic E-state index is 0.0666. The predicted octanol–water partition coefficient (Wildman–Crippen LogP) is 8.62. The molecule has 7 aromatic rings. The molecular formula is C43H42ClFN4O10S3. The van der Waals surface area contributed by atoms with Crippen LogP contribution in [0.15, 0.2) is 142 Å². The lowest BCUT2D eigenvalue weighted by molar-refractivity contribution is 0.306. The minimum atomic E-state index is -5.52. The van der Waals surface area contributed by atoms with Crippen LogP contribution in [0.5, 0.6) is 5.75 Å². The lowest BCUT2D eigenvalue weighted by Crippen LogP contribution is -2.21. The summed E-state index contributed by atoms with van der Waals surface area (Å²) < 4.78 is 161. The Kier molecular flexibility index (Phi) is 12.8. The van der Waals surface area contributed by atoms with E-state index in [0.717, 1.165) is 11.1 Å². The Balaban J connectivity index is 0.000000328. The van der Waals surface area contributed by atoms with Crippen molar-refractivity contribution in [2.24, 2.45) is 0 Å². The molecule has 19 heteroatoms. The summed E-state index contributed by atoms with van der Waals surface area (Å²) in [7, 11) is -13.6. The van der Waals surface area contributed by atoms with Crippen LogP contribution in [-0.2, 0) is 43.2 Å². The number of sulfone groups is 1. The minimum Gasteiger partial charge on any atom is -0.487 e. The molecular weight excluding hydrogens is 883 g/mol. The number of ether oxygens (including phenoxy) is 1. The van der Waals surface area contributed by atoms with E-state index in [9.17, 15) is 29.6 Å². The van der Waals surface area contributed by atoms with Gasteiger partial charge < -0.3 is 19.8 Å². The lowest BCUT2D eigenvalue weighted by atomic mass is 10.1. The van der Waals surface area contributed by atoms with E-state index < -0.39 is 55.0 Å². The molecule has 14 nitrogen and oxygen atoms in total. The first-order valence-electron chi connectivity index (χ1n) is 21.3. The summed E-state index contributed by atoms with van der Waals surface area (Å²) in [5.74, 6) is 0.961. The number of benzene rings is 5. The SMILES string of the molecule is Cc1ccc(S(=O)(=O)O)cc1.Cc1ccc(S(=O)(=O)O)cc1.[2H]C([2H])(NCc1ccc(-c2ccc3ncnc(Nc4ccc(OCc5cccc(F)c5)c(Cl)c4)c3c2)o1)C([2H])([2H])S(=O)(=O)C([2H])([2H])[2H]. The number of aromatic nitrogens is 2. The molecule has 0 aliphatic carbocycles. The van der Waals surface area contributed by atoms with Gasteiger partial charge in [0.1, 0.15) is 51.7 Å². The Labute approximate surface area is 374 Å². The van der Waals surface area contributed by atoms with Gasteiger partial charge in [0, 0.05) is 38.9 Å². The third-order valence-corrected chi connectivity index (χ3v) is 10.6. The third-order valence-electron chi connectivity index (χ3n) is 8.23. The molecule has 0 unspecified atom stereocenters. The fourth-order valence-electron chi connectivity index (χ4n) is 5.21. The fraction of sp³-hybridized carbons (Fsp3) is 0.163. The van der Waals surface area contributed by atoms with E-state index in [4.69, 9.17) is 39.5 Å². The van der Waals surface area contributed by atoms with Gasteiger partial charge in [-0.25, -0.2) is 22.8 Å². The fourth-order valence-corrected chi connectivity index (χ4v) is 6.61. The Morgan fingerprint density at radius 1 is 0.806 bits per heavy atom. The molecule has 0 amide bonds. The summed E-state index contributed by atoms with van der Waals surface area (Å²) in [4.78, 5) is 8.52. The van der Waals surface area contributed by atoms with Crippen LogP contribution in [0.3, 0.4) is 0 Å². The molecule has 5 aromatic carbocycles. The highest BCUT2D eigenvalue weighted by molar-refractivity contribution is 7.90. The van der Waals surface area contributed by atoms with E-state index in [1.54, 1.807) is 78.9 Å². The first-order chi connectivity index (χ1) is 32.0. The monoisotopic (exact) mass is 931 g/mol. The summed E-state index contributed by atoms with van der Waals surface area (Å²) in [6.07, 6.45) is -2.37. The highest BCUT2D eigenvalue weighted by atomic mass is 35.5. The zero-order valence-electron chi connectivity index (χ0n) is 39.6. The van der Waals surface area contributed by atoms with Gasteiger partial charge in [-0.2, -0.15) is 16.8 Å². The number of rotatable bonds is 13. The van der Waals surface area contributed by atoms with Crippen LogP contribution in [0.2, 0.25) is 5.02 Å². The van der Waals surface area contributed by atoms with Crippen molar-refractivity contribution in [3.05, 3.63) is 161 Å². The van der Waals surface area contributed by atoms with Crippen LogP contribution >= 0.6 is 11.6 Å². The molecule has 0 atom stereocenters.